The lowest BCUT2D eigenvalue weighted by Gasteiger charge is -2.23. The first-order chi connectivity index (χ1) is 10.8. The number of rotatable bonds is 6. The summed E-state index contributed by atoms with van der Waals surface area (Å²) in [6, 6.07) is 8.05. The molecule has 9 heteroatoms. The fraction of sp³-hybridized carbons (Fsp3) is 0.214. The highest BCUT2D eigenvalue weighted by Crippen LogP contribution is 2.28. The highest BCUT2D eigenvalue weighted by molar-refractivity contribution is 7.92. The summed E-state index contributed by atoms with van der Waals surface area (Å²) in [6.07, 6.45) is 1.09. The lowest BCUT2D eigenvalue weighted by molar-refractivity contribution is 0.0959. The molecule has 0 fully saturated rings. The zero-order chi connectivity index (χ0) is 17.0. The van der Waals surface area contributed by atoms with E-state index in [4.69, 9.17) is 23.2 Å². The van der Waals surface area contributed by atoms with Crippen LogP contribution in [0.25, 0.3) is 0 Å². The van der Waals surface area contributed by atoms with Crippen LogP contribution in [0.15, 0.2) is 35.7 Å². The molecule has 1 amide bonds. The van der Waals surface area contributed by atoms with Crippen LogP contribution in [0.5, 0.6) is 0 Å². The Morgan fingerprint density at radius 1 is 1.26 bits per heavy atom. The van der Waals surface area contributed by atoms with Crippen LogP contribution in [-0.4, -0.2) is 33.7 Å². The van der Waals surface area contributed by atoms with E-state index in [1.807, 2.05) is 0 Å². The molecule has 0 atom stereocenters. The molecule has 5 nitrogen and oxygen atoms in total. The van der Waals surface area contributed by atoms with Gasteiger partial charge in [-0.3, -0.25) is 9.10 Å². The third kappa shape index (κ3) is 4.84. The standard InChI is InChI=1S/C14H14Cl2N2O3S2/c1-23(20,21)18(10-4-5-11(15)12(16)9-10)7-6-17-14(19)13-3-2-8-22-13/h2-5,8-9H,6-7H2,1H3,(H,17,19). The number of hydrogen-bond donors (Lipinski definition) is 1. The number of carbonyl (C=O) groups is 1. The van der Waals surface area contributed by atoms with Crippen LogP contribution in [0.1, 0.15) is 9.67 Å². The van der Waals surface area contributed by atoms with Crippen LogP contribution < -0.4 is 9.62 Å². The number of benzene rings is 1. The van der Waals surface area contributed by atoms with E-state index in [0.29, 0.717) is 15.6 Å². The van der Waals surface area contributed by atoms with Crippen LogP contribution in [-0.2, 0) is 10.0 Å². The number of anilines is 1. The molecule has 2 rings (SSSR count). The van der Waals surface area contributed by atoms with Crippen LogP contribution in [0.4, 0.5) is 5.69 Å². The molecule has 0 saturated carbocycles. The number of hydrogen-bond acceptors (Lipinski definition) is 4. The van der Waals surface area contributed by atoms with E-state index < -0.39 is 10.0 Å². The van der Waals surface area contributed by atoms with Gasteiger partial charge in [0.25, 0.3) is 5.91 Å². The molecule has 0 spiro atoms. The zero-order valence-electron chi connectivity index (χ0n) is 12.1. The Labute approximate surface area is 148 Å². The Balaban J connectivity index is 2.08. The van der Waals surface area contributed by atoms with Crippen molar-refractivity contribution in [2.24, 2.45) is 0 Å². The van der Waals surface area contributed by atoms with Crippen molar-refractivity contribution >= 4 is 56.2 Å². The van der Waals surface area contributed by atoms with Gasteiger partial charge in [-0.25, -0.2) is 8.42 Å². The van der Waals surface area contributed by atoms with Gasteiger partial charge in [0, 0.05) is 6.54 Å². The zero-order valence-corrected chi connectivity index (χ0v) is 15.3. The van der Waals surface area contributed by atoms with E-state index in [2.05, 4.69) is 5.32 Å². The maximum atomic E-state index is 12.0. The number of amides is 1. The second kappa shape index (κ2) is 7.53. The van der Waals surface area contributed by atoms with Crippen molar-refractivity contribution in [3.63, 3.8) is 0 Å². The van der Waals surface area contributed by atoms with E-state index >= 15 is 0 Å². The molecule has 1 N–H and O–H groups in total. The summed E-state index contributed by atoms with van der Waals surface area (Å²) in [5.41, 5.74) is 0.396. The molecule has 0 unspecified atom stereocenters. The van der Waals surface area contributed by atoms with E-state index in [9.17, 15) is 13.2 Å². The van der Waals surface area contributed by atoms with Crippen molar-refractivity contribution in [2.75, 3.05) is 23.7 Å². The first kappa shape index (κ1) is 18.1. The lowest BCUT2D eigenvalue weighted by Crippen LogP contribution is -2.38. The van der Waals surface area contributed by atoms with Gasteiger partial charge in [0.15, 0.2) is 0 Å². The van der Waals surface area contributed by atoms with Crippen molar-refractivity contribution in [1.82, 2.24) is 5.32 Å². The van der Waals surface area contributed by atoms with Crippen LogP contribution in [0.2, 0.25) is 10.0 Å². The molecule has 0 aliphatic carbocycles. The number of carbonyl (C=O) groups excluding carboxylic acids is 1. The number of nitrogens with one attached hydrogen (secondary N) is 1. The van der Waals surface area contributed by atoms with Gasteiger partial charge in [0.2, 0.25) is 10.0 Å². The minimum atomic E-state index is -3.52. The van der Waals surface area contributed by atoms with Gasteiger partial charge in [0.05, 0.1) is 33.4 Å². The molecule has 23 heavy (non-hydrogen) atoms. The summed E-state index contributed by atoms with van der Waals surface area (Å²) in [7, 11) is -3.52. The van der Waals surface area contributed by atoms with Gasteiger partial charge in [-0.1, -0.05) is 29.3 Å². The second-order valence-electron chi connectivity index (χ2n) is 4.67. The van der Waals surface area contributed by atoms with Crippen molar-refractivity contribution in [2.45, 2.75) is 0 Å². The molecule has 0 bridgehead atoms. The molecule has 1 aromatic carbocycles. The first-order valence-electron chi connectivity index (χ1n) is 6.53. The summed E-state index contributed by atoms with van der Waals surface area (Å²) in [5.74, 6) is -0.234. The van der Waals surface area contributed by atoms with Gasteiger partial charge in [-0.2, -0.15) is 0 Å². The molecule has 124 valence electrons. The van der Waals surface area contributed by atoms with Gasteiger partial charge in [0.1, 0.15) is 0 Å². The number of thiophene rings is 1. The summed E-state index contributed by atoms with van der Waals surface area (Å²) in [5, 5.41) is 5.10. The summed E-state index contributed by atoms with van der Waals surface area (Å²) in [6.45, 7) is 0.262. The Morgan fingerprint density at radius 2 is 2.00 bits per heavy atom. The largest absolute Gasteiger partial charge is 0.350 e. The van der Waals surface area contributed by atoms with Crippen LogP contribution in [0.3, 0.4) is 0 Å². The fourth-order valence-electron chi connectivity index (χ4n) is 1.89. The quantitative estimate of drug-likeness (QED) is 0.820. The third-order valence-corrected chi connectivity index (χ3v) is 5.74. The Kier molecular flexibility index (Phi) is 5.91. The average Bonchev–Trinajstić information content (AvgIpc) is 2.99. The highest BCUT2D eigenvalue weighted by Gasteiger charge is 2.18. The minimum absolute atomic E-state index is 0.0912. The van der Waals surface area contributed by atoms with Crippen LogP contribution in [0, 0.1) is 0 Å². The second-order valence-corrected chi connectivity index (χ2v) is 8.34. The minimum Gasteiger partial charge on any atom is -0.350 e. The fourth-order valence-corrected chi connectivity index (χ4v) is 3.74. The Bertz CT molecular complexity index is 792. The molecule has 1 heterocycles. The normalized spacial score (nSPS) is 11.3. The number of halogens is 2. The molecule has 0 saturated heterocycles. The van der Waals surface area contributed by atoms with Gasteiger partial charge < -0.3 is 5.32 Å². The molecule has 2 aromatic rings. The van der Waals surface area contributed by atoms with Gasteiger partial charge in [-0.05, 0) is 29.6 Å². The van der Waals surface area contributed by atoms with E-state index in [1.54, 1.807) is 23.6 Å². The maximum absolute atomic E-state index is 12.0. The van der Waals surface area contributed by atoms with Crippen molar-refractivity contribution < 1.29 is 13.2 Å². The lowest BCUT2D eigenvalue weighted by atomic mass is 10.3. The SMILES string of the molecule is CS(=O)(=O)N(CCNC(=O)c1cccs1)c1ccc(Cl)c(Cl)c1. The van der Waals surface area contributed by atoms with E-state index in [1.165, 1.54) is 27.8 Å². The highest BCUT2D eigenvalue weighted by atomic mass is 35.5. The van der Waals surface area contributed by atoms with Crippen molar-refractivity contribution in [1.29, 1.82) is 0 Å². The van der Waals surface area contributed by atoms with Crippen LogP contribution >= 0.6 is 34.5 Å². The predicted molar refractivity (Wildman–Crippen MR) is 95.3 cm³/mol. The molecule has 0 aliphatic heterocycles. The smallest absolute Gasteiger partial charge is 0.261 e. The molecular weight excluding hydrogens is 379 g/mol. The molecule has 1 aromatic heterocycles. The van der Waals surface area contributed by atoms with E-state index in [-0.39, 0.29) is 24.0 Å². The van der Waals surface area contributed by atoms with Gasteiger partial charge >= 0.3 is 0 Å². The summed E-state index contributed by atoms with van der Waals surface area (Å²) in [4.78, 5) is 12.4. The molecule has 0 radical (unpaired) electrons. The van der Waals surface area contributed by atoms with Crippen molar-refractivity contribution in [3.8, 4) is 0 Å². The topological polar surface area (TPSA) is 66.5 Å². The predicted octanol–water partition coefficient (Wildman–Crippen LogP) is 3.25. The van der Waals surface area contributed by atoms with Crippen molar-refractivity contribution in [3.05, 3.63) is 50.6 Å². The van der Waals surface area contributed by atoms with E-state index in [0.717, 1.165) is 6.26 Å². The molecular formula is C14H14Cl2N2O3S2. The van der Waals surface area contributed by atoms with Gasteiger partial charge in [-0.15, -0.1) is 11.3 Å². The Morgan fingerprint density at radius 3 is 2.57 bits per heavy atom. The Hall–Kier alpha value is -1.28. The average molecular weight is 393 g/mol. The third-order valence-electron chi connectivity index (χ3n) is 2.94. The maximum Gasteiger partial charge on any atom is 0.261 e. The number of sulfonamides is 1. The summed E-state index contributed by atoms with van der Waals surface area (Å²) >= 11 is 13.1. The summed E-state index contributed by atoms with van der Waals surface area (Å²) < 4.78 is 25.1. The monoisotopic (exact) mass is 392 g/mol. The number of nitrogens with zero attached hydrogens (tertiary/aromatic N) is 1. The molecule has 0 aliphatic rings. The first-order valence-corrected chi connectivity index (χ1v) is 10.0.